The van der Waals surface area contributed by atoms with Crippen LogP contribution in [0.25, 0.3) is 0 Å². The van der Waals surface area contributed by atoms with E-state index < -0.39 is 46.8 Å². The molecule has 1 fully saturated rings. The molecule has 1 saturated heterocycles. The number of carbonyl (C=O) groups is 1. The quantitative estimate of drug-likeness (QED) is 0.134. The third-order valence-corrected chi connectivity index (χ3v) is 7.37. The number of hydrogen-bond donors (Lipinski definition) is 3. The molecular formula is C28H26F5NO5S. The van der Waals surface area contributed by atoms with E-state index in [9.17, 15) is 31.9 Å². The molecule has 1 amide bonds. The fourth-order valence-electron chi connectivity index (χ4n) is 4.17. The fourth-order valence-corrected chi connectivity index (χ4v) is 4.94. The molecule has 6 nitrogen and oxygen atoms in total. The Morgan fingerprint density at radius 3 is 2.00 bits per heavy atom. The molecule has 0 bridgehead atoms. The van der Waals surface area contributed by atoms with Gasteiger partial charge in [0.1, 0.15) is 5.56 Å². The van der Waals surface area contributed by atoms with Gasteiger partial charge in [0, 0.05) is 30.0 Å². The number of ether oxygens (including phenoxy) is 2. The van der Waals surface area contributed by atoms with Crippen LogP contribution in [0, 0.1) is 29.1 Å². The van der Waals surface area contributed by atoms with Crippen LogP contribution >= 0.6 is 11.8 Å². The molecule has 3 aromatic carbocycles. The number of aliphatic hydroxyl groups is 2. The molecule has 1 aliphatic rings. The van der Waals surface area contributed by atoms with Crippen molar-refractivity contribution < 1.29 is 46.4 Å². The summed E-state index contributed by atoms with van der Waals surface area (Å²) in [6.45, 7) is -0.275. The molecule has 3 unspecified atom stereocenters. The number of aliphatic hydroxyl groups excluding tert-OH is 2. The molecule has 40 heavy (non-hydrogen) atoms. The molecular weight excluding hydrogens is 557 g/mol. The summed E-state index contributed by atoms with van der Waals surface area (Å²) in [5.74, 6) is -11.4. The van der Waals surface area contributed by atoms with Gasteiger partial charge in [-0.2, -0.15) is 11.8 Å². The van der Waals surface area contributed by atoms with E-state index in [4.69, 9.17) is 14.6 Å². The van der Waals surface area contributed by atoms with Crippen molar-refractivity contribution in [2.75, 3.05) is 18.1 Å². The zero-order valence-corrected chi connectivity index (χ0v) is 21.8. The minimum absolute atomic E-state index is 0.0473. The highest BCUT2D eigenvalue weighted by atomic mass is 32.2. The molecule has 0 spiro atoms. The number of rotatable bonds is 10. The minimum atomic E-state index is -2.34. The average Bonchev–Trinajstić information content (AvgIpc) is 2.98. The van der Waals surface area contributed by atoms with Gasteiger partial charge in [-0.1, -0.05) is 48.5 Å². The third-order valence-electron chi connectivity index (χ3n) is 6.30. The van der Waals surface area contributed by atoms with Gasteiger partial charge in [0.05, 0.1) is 25.4 Å². The van der Waals surface area contributed by atoms with E-state index in [-0.39, 0.29) is 32.0 Å². The first-order valence-electron chi connectivity index (χ1n) is 12.3. The first-order valence-corrected chi connectivity index (χ1v) is 13.5. The lowest BCUT2D eigenvalue weighted by molar-refractivity contribution is -0.245. The van der Waals surface area contributed by atoms with Gasteiger partial charge >= 0.3 is 0 Å². The minimum Gasteiger partial charge on any atom is -0.396 e. The molecule has 3 aromatic rings. The predicted molar refractivity (Wildman–Crippen MR) is 137 cm³/mol. The summed E-state index contributed by atoms with van der Waals surface area (Å²) >= 11 is 1.55. The second-order valence-corrected chi connectivity index (χ2v) is 10.2. The zero-order chi connectivity index (χ0) is 28.8. The second kappa shape index (κ2) is 13.6. The van der Waals surface area contributed by atoms with Gasteiger partial charge in [0.2, 0.25) is 5.82 Å². The Balaban J connectivity index is 1.45. The van der Waals surface area contributed by atoms with Gasteiger partial charge in [-0.25, -0.2) is 22.0 Å². The van der Waals surface area contributed by atoms with Gasteiger partial charge in [0.25, 0.3) is 5.91 Å². The molecule has 214 valence electrons. The molecule has 1 heterocycles. The van der Waals surface area contributed by atoms with E-state index in [0.29, 0.717) is 29.1 Å². The van der Waals surface area contributed by atoms with E-state index in [2.05, 4.69) is 5.32 Å². The lowest BCUT2D eigenvalue weighted by Gasteiger charge is -2.36. The highest BCUT2D eigenvalue weighted by molar-refractivity contribution is 7.99. The number of nitrogens with one attached hydrogen (secondary N) is 1. The Labute approximate surface area is 231 Å². The average molecular weight is 584 g/mol. The van der Waals surface area contributed by atoms with Crippen LogP contribution in [0.1, 0.15) is 51.4 Å². The van der Waals surface area contributed by atoms with Gasteiger partial charge in [-0.05, 0) is 16.7 Å². The summed E-state index contributed by atoms with van der Waals surface area (Å²) in [7, 11) is 0. The molecule has 4 rings (SSSR count). The van der Waals surface area contributed by atoms with Crippen LogP contribution in [0.2, 0.25) is 0 Å². The van der Waals surface area contributed by atoms with Crippen molar-refractivity contribution >= 4 is 17.7 Å². The molecule has 0 aliphatic carbocycles. The van der Waals surface area contributed by atoms with Crippen LogP contribution in [0.5, 0.6) is 0 Å². The van der Waals surface area contributed by atoms with Crippen molar-refractivity contribution in [1.82, 2.24) is 5.32 Å². The summed E-state index contributed by atoms with van der Waals surface area (Å²) in [5, 5.41) is 20.6. The van der Waals surface area contributed by atoms with Gasteiger partial charge < -0.3 is 25.0 Å². The molecule has 3 N–H and O–H groups in total. The maximum absolute atomic E-state index is 13.9. The van der Waals surface area contributed by atoms with Gasteiger partial charge in [-0.3, -0.25) is 4.79 Å². The van der Waals surface area contributed by atoms with E-state index in [1.165, 1.54) is 0 Å². The SMILES string of the molecule is O=C(NCc1ccc(C2OC(CSCCO)CC(c3ccc(CO)cc3)O2)cc1)c1c(F)c(F)c(F)c(F)c1F. The molecule has 1 aliphatic heterocycles. The predicted octanol–water partition coefficient (Wildman–Crippen LogP) is 5.08. The normalized spacial score (nSPS) is 19.0. The summed E-state index contributed by atoms with van der Waals surface area (Å²) < 4.78 is 80.4. The van der Waals surface area contributed by atoms with E-state index in [0.717, 1.165) is 11.1 Å². The highest BCUT2D eigenvalue weighted by Crippen LogP contribution is 2.38. The monoisotopic (exact) mass is 583 g/mol. The summed E-state index contributed by atoms with van der Waals surface area (Å²) in [6, 6.07) is 14.0. The van der Waals surface area contributed by atoms with Crippen molar-refractivity contribution in [3.63, 3.8) is 0 Å². The first kappa shape index (κ1) is 29.9. The molecule has 12 heteroatoms. The Hall–Kier alpha value is -3.03. The lowest BCUT2D eigenvalue weighted by Crippen LogP contribution is -2.31. The Morgan fingerprint density at radius 1 is 0.825 bits per heavy atom. The van der Waals surface area contributed by atoms with Gasteiger partial charge in [-0.15, -0.1) is 0 Å². The van der Waals surface area contributed by atoms with E-state index in [1.807, 2.05) is 24.3 Å². The van der Waals surface area contributed by atoms with Crippen LogP contribution in [-0.4, -0.2) is 40.3 Å². The Kier molecular flexibility index (Phi) is 10.1. The highest BCUT2D eigenvalue weighted by Gasteiger charge is 2.32. The number of hydrogen-bond acceptors (Lipinski definition) is 6. The van der Waals surface area contributed by atoms with Crippen LogP contribution < -0.4 is 5.32 Å². The molecule has 0 saturated carbocycles. The number of amides is 1. The van der Waals surface area contributed by atoms with Gasteiger partial charge in [0.15, 0.2) is 29.6 Å². The third kappa shape index (κ3) is 6.81. The smallest absolute Gasteiger partial charge is 0.257 e. The molecule has 3 atom stereocenters. The summed E-state index contributed by atoms with van der Waals surface area (Å²) in [6.07, 6.45) is -0.646. The number of benzene rings is 3. The van der Waals surface area contributed by atoms with Crippen molar-refractivity contribution in [3.05, 3.63) is 105 Å². The first-order chi connectivity index (χ1) is 19.2. The van der Waals surface area contributed by atoms with Crippen LogP contribution in [0.3, 0.4) is 0 Å². The largest absolute Gasteiger partial charge is 0.396 e. The van der Waals surface area contributed by atoms with Crippen molar-refractivity contribution in [2.45, 2.75) is 38.1 Å². The Morgan fingerprint density at radius 2 is 1.40 bits per heavy atom. The number of halogens is 5. The van der Waals surface area contributed by atoms with Crippen molar-refractivity contribution in [2.24, 2.45) is 0 Å². The standard InChI is InChI=1S/C28H26F5NO5S/c29-22-21(23(30)25(32)26(33)24(22)31)27(37)34-12-15-1-7-18(8-2-15)28-38-19(14-40-10-9-35)11-20(39-28)17-5-3-16(13-36)4-6-17/h1-8,19-20,28,35-36H,9-14H2,(H,34,37). The molecule has 0 aromatic heterocycles. The van der Waals surface area contributed by atoms with E-state index >= 15 is 0 Å². The second-order valence-electron chi connectivity index (χ2n) is 9.02. The zero-order valence-electron chi connectivity index (χ0n) is 21.0. The van der Waals surface area contributed by atoms with Crippen LogP contribution in [0.4, 0.5) is 22.0 Å². The van der Waals surface area contributed by atoms with Crippen molar-refractivity contribution in [1.29, 1.82) is 0 Å². The van der Waals surface area contributed by atoms with E-state index in [1.54, 1.807) is 36.0 Å². The number of carbonyl (C=O) groups excluding carboxylic acids is 1. The van der Waals surface area contributed by atoms with Crippen LogP contribution in [0.15, 0.2) is 48.5 Å². The van der Waals surface area contributed by atoms with Crippen molar-refractivity contribution in [3.8, 4) is 0 Å². The topological polar surface area (TPSA) is 88.0 Å². The lowest BCUT2D eigenvalue weighted by atomic mass is 10.0. The fraction of sp³-hybridized carbons (Fsp3) is 0.321. The number of thioether (sulfide) groups is 1. The maximum atomic E-state index is 13.9. The summed E-state index contributed by atoms with van der Waals surface area (Å²) in [5.41, 5.74) is 1.27. The molecule has 0 radical (unpaired) electrons. The summed E-state index contributed by atoms with van der Waals surface area (Å²) in [4.78, 5) is 12.2. The maximum Gasteiger partial charge on any atom is 0.257 e. The van der Waals surface area contributed by atoms with Crippen LogP contribution in [-0.2, 0) is 22.6 Å². The Bertz CT molecular complexity index is 1300.